The second-order valence-electron chi connectivity index (χ2n) is 4.27. The van der Waals surface area contributed by atoms with E-state index in [0.29, 0.717) is 38.6 Å². The monoisotopic (exact) mass is 317 g/mol. The molecule has 0 aliphatic rings. The Morgan fingerprint density at radius 1 is 1.24 bits per heavy atom. The highest BCUT2D eigenvalue weighted by atomic mass is 32.2. The molecular formula is C13H23N3O4S. The van der Waals surface area contributed by atoms with Crippen molar-refractivity contribution in [2.24, 2.45) is 0 Å². The standard InChI is InChI=1S/C13H23N3O4S/c1-3-14-13-6-5-12(11-15-13)21(17,18)16-7-4-8-20-10-9-19-2/h5-6,11,16H,3-4,7-10H2,1-2H3,(H,14,15). The molecule has 0 aromatic carbocycles. The highest BCUT2D eigenvalue weighted by Gasteiger charge is 2.13. The van der Waals surface area contributed by atoms with Crippen molar-refractivity contribution in [1.82, 2.24) is 9.71 Å². The van der Waals surface area contributed by atoms with E-state index < -0.39 is 10.0 Å². The normalized spacial score (nSPS) is 11.5. The van der Waals surface area contributed by atoms with Crippen LogP contribution in [0.25, 0.3) is 0 Å². The summed E-state index contributed by atoms with van der Waals surface area (Å²) in [5.74, 6) is 0.656. The Bertz CT molecular complexity index is 491. The van der Waals surface area contributed by atoms with Crippen LogP contribution in [0.4, 0.5) is 5.82 Å². The van der Waals surface area contributed by atoms with Crippen molar-refractivity contribution < 1.29 is 17.9 Å². The van der Waals surface area contributed by atoms with Gasteiger partial charge in [0, 0.05) is 33.0 Å². The molecule has 1 heterocycles. The lowest BCUT2D eigenvalue weighted by Crippen LogP contribution is -2.25. The van der Waals surface area contributed by atoms with Crippen LogP contribution in [-0.4, -0.2) is 53.4 Å². The van der Waals surface area contributed by atoms with E-state index in [1.165, 1.54) is 12.3 Å². The second-order valence-corrected chi connectivity index (χ2v) is 6.03. The Kier molecular flexibility index (Phi) is 8.21. The third kappa shape index (κ3) is 6.85. The first-order chi connectivity index (χ1) is 10.1. The maximum Gasteiger partial charge on any atom is 0.242 e. The van der Waals surface area contributed by atoms with Gasteiger partial charge in [-0.15, -0.1) is 0 Å². The fourth-order valence-electron chi connectivity index (χ4n) is 1.53. The van der Waals surface area contributed by atoms with E-state index >= 15 is 0 Å². The Balaban J connectivity index is 2.35. The molecule has 2 N–H and O–H groups in total. The number of ether oxygens (including phenoxy) is 2. The van der Waals surface area contributed by atoms with Crippen LogP contribution in [0.15, 0.2) is 23.2 Å². The summed E-state index contributed by atoms with van der Waals surface area (Å²) in [6.07, 6.45) is 1.95. The summed E-state index contributed by atoms with van der Waals surface area (Å²) in [4.78, 5) is 4.20. The van der Waals surface area contributed by atoms with Crippen molar-refractivity contribution in [2.45, 2.75) is 18.2 Å². The molecule has 0 unspecified atom stereocenters. The van der Waals surface area contributed by atoms with E-state index in [1.54, 1.807) is 13.2 Å². The molecule has 0 aliphatic carbocycles. The molecule has 0 aliphatic heterocycles. The molecule has 21 heavy (non-hydrogen) atoms. The number of sulfonamides is 1. The van der Waals surface area contributed by atoms with Gasteiger partial charge >= 0.3 is 0 Å². The average molecular weight is 317 g/mol. The van der Waals surface area contributed by atoms with Gasteiger partial charge in [0.2, 0.25) is 10.0 Å². The van der Waals surface area contributed by atoms with Gasteiger partial charge in [-0.05, 0) is 25.5 Å². The van der Waals surface area contributed by atoms with Crippen LogP contribution in [0, 0.1) is 0 Å². The maximum atomic E-state index is 12.0. The first-order valence-corrected chi connectivity index (χ1v) is 8.34. The zero-order valence-corrected chi connectivity index (χ0v) is 13.3. The molecule has 1 aromatic heterocycles. The second kappa shape index (κ2) is 9.67. The molecule has 0 radical (unpaired) electrons. The van der Waals surface area contributed by atoms with Gasteiger partial charge in [-0.25, -0.2) is 18.1 Å². The van der Waals surface area contributed by atoms with Crippen molar-refractivity contribution in [3.63, 3.8) is 0 Å². The number of nitrogens with zero attached hydrogens (tertiary/aromatic N) is 1. The molecule has 1 rings (SSSR count). The van der Waals surface area contributed by atoms with E-state index in [2.05, 4.69) is 15.0 Å². The summed E-state index contributed by atoms with van der Waals surface area (Å²) in [5.41, 5.74) is 0. The zero-order chi connectivity index (χ0) is 15.6. The van der Waals surface area contributed by atoms with Crippen LogP contribution in [0.5, 0.6) is 0 Å². The van der Waals surface area contributed by atoms with Gasteiger partial charge in [0.1, 0.15) is 10.7 Å². The number of hydrogen-bond donors (Lipinski definition) is 2. The SMILES string of the molecule is CCNc1ccc(S(=O)(=O)NCCCOCCOC)cn1. The number of pyridine rings is 1. The lowest BCUT2D eigenvalue weighted by molar-refractivity contribution is 0.0699. The van der Waals surface area contributed by atoms with E-state index in [9.17, 15) is 8.42 Å². The van der Waals surface area contributed by atoms with E-state index in [-0.39, 0.29) is 4.90 Å². The average Bonchev–Trinajstić information content (AvgIpc) is 2.47. The first kappa shape index (κ1) is 17.8. The van der Waals surface area contributed by atoms with Crippen LogP contribution in [0.2, 0.25) is 0 Å². The summed E-state index contributed by atoms with van der Waals surface area (Å²) in [6, 6.07) is 3.17. The maximum absolute atomic E-state index is 12.0. The molecule has 0 saturated carbocycles. The molecule has 8 heteroatoms. The number of anilines is 1. The number of nitrogens with one attached hydrogen (secondary N) is 2. The smallest absolute Gasteiger partial charge is 0.242 e. The summed E-state index contributed by atoms with van der Waals surface area (Å²) in [5, 5.41) is 3.01. The van der Waals surface area contributed by atoms with Crippen LogP contribution < -0.4 is 10.0 Å². The summed E-state index contributed by atoms with van der Waals surface area (Å²) < 4.78 is 36.6. The van der Waals surface area contributed by atoms with Gasteiger partial charge in [0.05, 0.1) is 13.2 Å². The lowest BCUT2D eigenvalue weighted by Gasteiger charge is -2.08. The Hall–Kier alpha value is -1.22. The van der Waals surface area contributed by atoms with Gasteiger partial charge in [-0.2, -0.15) is 0 Å². The predicted molar refractivity (Wildman–Crippen MR) is 80.9 cm³/mol. The Morgan fingerprint density at radius 3 is 2.67 bits per heavy atom. The highest BCUT2D eigenvalue weighted by Crippen LogP contribution is 2.10. The highest BCUT2D eigenvalue weighted by molar-refractivity contribution is 7.89. The molecule has 0 saturated heterocycles. The van der Waals surface area contributed by atoms with E-state index in [0.717, 1.165) is 6.54 Å². The van der Waals surface area contributed by atoms with Crippen molar-refractivity contribution >= 4 is 15.8 Å². The minimum atomic E-state index is -3.51. The van der Waals surface area contributed by atoms with Crippen LogP contribution in [0.3, 0.4) is 0 Å². The van der Waals surface area contributed by atoms with Gasteiger partial charge in [-0.3, -0.25) is 0 Å². The van der Waals surface area contributed by atoms with Gasteiger partial charge < -0.3 is 14.8 Å². The predicted octanol–water partition coefficient (Wildman–Crippen LogP) is 0.845. The lowest BCUT2D eigenvalue weighted by atomic mass is 10.4. The number of aromatic nitrogens is 1. The van der Waals surface area contributed by atoms with E-state index in [4.69, 9.17) is 9.47 Å². The van der Waals surface area contributed by atoms with Gasteiger partial charge in [0.15, 0.2) is 0 Å². The molecule has 0 fully saturated rings. The zero-order valence-electron chi connectivity index (χ0n) is 12.5. The largest absolute Gasteiger partial charge is 0.382 e. The summed E-state index contributed by atoms with van der Waals surface area (Å²) in [7, 11) is -1.91. The fourth-order valence-corrected chi connectivity index (χ4v) is 2.55. The van der Waals surface area contributed by atoms with Crippen LogP contribution in [-0.2, 0) is 19.5 Å². The van der Waals surface area contributed by atoms with Crippen LogP contribution in [0.1, 0.15) is 13.3 Å². The van der Waals surface area contributed by atoms with Crippen LogP contribution >= 0.6 is 0 Å². The quantitative estimate of drug-likeness (QED) is 0.588. The number of hydrogen-bond acceptors (Lipinski definition) is 6. The number of methoxy groups -OCH3 is 1. The third-order valence-electron chi connectivity index (χ3n) is 2.59. The minimum absolute atomic E-state index is 0.157. The molecule has 0 atom stereocenters. The molecular weight excluding hydrogens is 294 g/mol. The summed E-state index contributed by atoms with van der Waals surface area (Å²) >= 11 is 0. The van der Waals surface area contributed by atoms with E-state index in [1.807, 2.05) is 6.92 Å². The van der Waals surface area contributed by atoms with Crippen molar-refractivity contribution in [3.05, 3.63) is 18.3 Å². The molecule has 0 amide bonds. The van der Waals surface area contributed by atoms with Crippen molar-refractivity contribution in [3.8, 4) is 0 Å². The molecule has 120 valence electrons. The van der Waals surface area contributed by atoms with Crippen molar-refractivity contribution in [1.29, 1.82) is 0 Å². The first-order valence-electron chi connectivity index (χ1n) is 6.86. The molecule has 0 bridgehead atoms. The fraction of sp³-hybridized carbons (Fsp3) is 0.615. The van der Waals surface area contributed by atoms with Gasteiger partial charge in [-0.1, -0.05) is 0 Å². The Morgan fingerprint density at radius 2 is 2.05 bits per heavy atom. The summed E-state index contributed by atoms with van der Waals surface area (Å²) in [6.45, 7) is 4.55. The molecule has 0 spiro atoms. The topological polar surface area (TPSA) is 89.6 Å². The number of rotatable bonds is 11. The molecule has 1 aromatic rings. The molecule has 7 nitrogen and oxygen atoms in total. The Labute approximate surface area is 126 Å². The van der Waals surface area contributed by atoms with Gasteiger partial charge in [0.25, 0.3) is 0 Å². The van der Waals surface area contributed by atoms with Crippen molar-refractivity contribution in [2.75, 3.05) is 45.3 Å². The third-order valence-corrected chi connectivity index (χ3v) is 4.04. The minimum Gasteiger partial charge on any atom is -0.382 e.